The molecule has 0 bridgehead atoms. The molecule has 3 nitrogen and oxygen atoms in total. The highest BCUT2D eigenvalue weighted by molar-refractivity contribution is 7.92. The van der Waals surface area contributed by atoms with Crippen molar-refractivity contribution in [1.29, 1.82) is 0 Å². The van der Waals surface area contributed by atoms with Gasteiger partial charge in [-0.1, -0.05) is 41.4 Å². The number of fused-ring (bicyclic) bond motifs is 1. The maximum atomic E-state index is 12.8. The first-order chi connectivity index (χ1) is 9.98. The molecule has 21 heavy (non-hydrogen) atoms. The van der Waals surface area contributed by atoms with Gasteiger partial charge in [0.2, 0.25) is 0 Å². The Morgan fingerprint density at radius 2 is 1.81 bits per heavy atom. The SMILES string of the molecule is Cc1ccc(S(=O)(=O)N2CC=Cc3cc(Cl)ccc32)cc1. The zero-order chi connectivity index (χ0) is 15.0. The minimum absolute atomic E-state index is 0.296. The topological polar surface area (TPSA) is 37.4 Å². The minimum atomic E-state index is -3.57. The van der Waals surface area contributed by atoms with Crippen LogP contribution in [0.1, 0.15) is 11.1 Å². The van der Waals surface area contributed by atoms with Crippen LogP contribution in [0.15, 0.2) is 53.4 Å². The molecule has 0 saturated heterocycles. The Bertz CT molecular complexity index is 811. The molecular formula is C16H14ClNO2S. The van der Waals surface area contributed by atoms with Crippen LogP contribution in [0.3, 0.4) is 0 Å². The Labute approximate surface area is 129 Å². The first-order valence-corrected chi connectivity index (χ1v) is 8.36. The standard InChI is InChI=1S/C16H14ClNO2S/c1-12-4-7-15(8-5-12)21(19,20)18-10-2-3-13-11-14(17)6-9-16(13)18/h2-9,11H,10H2,1H3. The van der Waals surface area contributed by atoms with E-state index in [1.807, 2.05) is 19.1 Å². The fraction of sp³-hybridized carbons (Fsp3) is 0.125. The van der Waals surface area contributed by atoms with E-state index in [0.717, 1.165) is 11.1 Å². The fourth-order valence-corrected chi connectivity index (χ4v) is 3.95. The van der Waals surface area contributed by atoms with E-state index in [4.69, 9.17) is 11.6 Å². The van der Waals surface area contributed by atoms with Crippen LogP contribution in [0, 0.1) is 6.92 Å². The normalized spacial score (nSPS) is 14.1. The molecule has 5 heteroatoms. The third kappa shape index (κ3) is 2.57. The minimum Gasteiger partial charge on any atom is -0.262 e. The average molecular weight is 320 g/mol. The number of hydrogen-bond donors (Lipinski definition) is 0. The number of halogens is 1. The van der Waals surface area contributed by atoms with Crippen molar-refractivity contribution in [2.75, 3.05) is 10.8 Å². The predicted octanol–water partition coefficient (Wildman–Crippen LogP) is 3.87. The summed E-state index contributed by atoms with van der Waals surface area (Å²) in [5.74, 6) is 0. The van der Waals surface area contributed by atoms with Gasteiger partial charge in [-0.05, 0) is 37.3 Å². The average Bonchev–Trinajstić information content (AvgIpc) is 2.46. The number of benzene rings is 2. The lowest BCUT2D eigenvalue weighted by molar-refractivity contribution is 0.592. The summed E-state index contributed by atoms with van der Waals surface area (Å²) in [4.78, 5) is 0.296. The van der Waals surface area contributed by atoms with Crippen molar-refractivity contribution in [3.05, 3.63) is 64.7 Å². The first-order valence-electron chi connectivity index (χ1n) is 6.54. The van der Waals surface area contributed by atoms with Crippen LogP contribution < -0.4 is 4.31 Å². The number of rotatable bonds is 2. The highest BCUT2D eigenvalue weighted by Crippen LogP contribution is 2.32. The van der Waals surface area contributed by atoms with Gasteiger partial charge in [0.1, 0.15) is 0 Å². The van der Waals surface area contributed by atoms with Crippen molar-refractivity contribution >= 4 is 33.4 Å². The molecule has 0 saturated carbocycles. The van der Waals surface area contributed by atoms with Gasteiger partial charge in [-0.25, -0.2) is 8.42 Å². The Morgan fingerprint density at radius 3 is 2.52 bits per heavy atom. The predicted molar refractivity (Wildman–Crippen MR) is 86.2 cm³/mol. The van der Waals surface area contributed by atoms with E-state index in [2.05, 4.69) is 0 Å². The van der Waals surface area contributed by atoms with E-state index in [1.165, 1.54) is 4.31 Å². The molecule has 0 amide bonds. The van der Waals surface area contributed by atoms with Gasteiger partial charge in [0.15, 0.2) is 0 Å². The Hall–Kier alpha value is -1.78. The first kappa shape index (κ1) is 14.2. The second kappa shape index (κ2) is 5.20. The molecule has 0 radical (unpaired) electrons. The van der Waals surface area contributed by atoms with E-state index in [1.54, 1.807) is 42.5 Å². The lowest BCUT2D eigenvalue weighted by Crippen LogP contribution is -2.33. The second-order valence-electron chi connectivity index (χ2n) is 4.95. The van der Waals surface area contributed by atoms with Gasteiger partial charge >= 0.3 is 0 Å². The van der Waals surface area contributed by atoms with Gasteiger partial charge in [-0.15, -0.1) is 0 Å². The summed E-state index contributed by atoms with van der Waals surface area (Å²) >= 11 is 5.97. The van der Waals surface area contributed by atoms with E-state index < -0.39 is 10.0 Å². The van der Waals surface area contributed by atoms with E-state index in [9.17, 15) is 8.42 Å². The van der Waals surface area contributed by atoms with E-state index in [-0.39, 0.29) is 0 Å². The van der Waals surface area contributed by atoms with Crippen LogP contribution in [0.2, 0.25) is 5.02 Å². The molecule has 0 unspecified atom stereocenters. The molecule has 108 valence electrons. The molecule has 0 spiro atoms. The highest BCUT2D eigenvalue weighted by atomic mass is 35.5. The number of hydrogen-bond acceptors (Lipinski definition) is 2. The lowest BCUT2D eigenvalue weighted by atomic mass is 10.1. The Morgan fingerprint density at radius 1 is 1.10 bits per heavy atom. The monoisotopic (exact) mass is 319 g/mol. The van der Waals surface area contributed by atoms with Gasteiger partial charge in [0.25, 0.3) is 10.0 Å². The molecule has 1 aliphatic heterocycles. The summed E-state index contributed by atoms with van der Waals surface area (Å²) < 4.78 is 27.0. The zero-order valence-corrected chi connectivity index (χ0v) is 13.0. The van der Waals surface area contributed by atoms with Crippen molar-refractivity contribution in [1.82, 2.24) is 0 Å². The molecule has 3 rings (SSSR count). The van der Waals surface area contributed by atoms with Crippen molar-refractivity contribution in [3.8, 4) is 0 Å². The second-order valence-corrected chi connectivity index (χ2v) is 7.25. The quantitative estimate of drug-likeness (QED) is 0.842. The van der Waals surface area contributed by atoms with Crippen LogP contribution in [-0.4, -0.2) is 15.0 Å². The van der Waals surface area contributed by atoms with Gasteiger partial charge in [0, 0.05) is 10.6 Å². The van der Waals surface area contributed by atoms with Crippen LogP contribution in [0.5, 0.6) is 0 Å². The summed E-state index contributed by atoms with van der Waals surface area (Å²) in [6.07, 6.45) is 3.72. The van der Waals surface area contributed by atoms with Crippen LogP contribution in [-0.2, 0) is 10.0 Å². The molecule has 0 atom stereocenters. The summed E-state index contributed by atoms with van der Waals surface area (Å²) in [6.45, 7) is 2.25. The molecular weight excluding hydrogens is 306 g/mol. The van der Waals surface area contributed by atoms with Crippen LogP contribution >= 0.6 is 11.6 Å². The van der Waals surface area contributed by atoms with Crippen molar-refractivity contribution < 1.29 is 8.42 Å². The third-order valence-electron chi connectivity index (χ3n) is 3.44. The van der Waals surface area contributed by atoms with Gasteiger partial charge in [-0.3, -0.25) is 4.31 Å². The van der Waals surface area contributed by atoms with Crippen molar-refractivity contribution in [2.45, 2.75) is 11.8 Å². The molecule has 0 aromatic heterocycles. The summed E-state index contributed by atoms with van der Waals surface area (Å²) in [5.41, 5.74) is 2.49. The maximum absolute atomic E-state index is 12.8. The zero-order valence-electron chi connectivity index (χ0n) is 11.5. The number of nitrogens with zero attached hydrogens (tertiary/aromatic N) is 1. The van der Waals surface area contributed by atoms with Gasteiger partial charge in [0.05, 0.1) is 17.1 Å². The van der Waals surface area contributed by atoms with Crippen LogP contribution in [0.4, 0.5) is 5.69 Å². The maximum Gasteiger partial charge on any atom is 0.264 e. The smallest absolute Gasteiger partial charge is 0.262 e. The molecule has 0 aliphatic carbocycles. The van der Waals surface area contributed by atoms with Gasteiger partial charge in [-0.2, -0.15) is 0 Å². The van der Waals surface area contributed by atoms with Crippen molar-refractivity contribution in [3.63, 3.8) is 0 Å². The summed E-state index contributed by atoms with van der Waals surface area (Å²) in [6, 6.07) is 12.1. The Balaban J connectivity index is 2.09. The third-order valence-corrected chi connectivity index (χ3v) is 5.46. The largest absolute Gasteiger partial charge is 0.264 e. The Kier molecular flexibility index (Phi) is 3.51. The number of sulfonamides is 1. The highest BCUT2D eigenvalue weighted by Gasteiger charge is 2.27. The summed E-state index contributed by atoms with van der Waals surface area (Å²) in [5, 5.41) is 0.591. The van der Waals surface area contributed by atoms with E-state index in [0.29, 0.717) is 22.2 Å². The van der Waals surface area contributed by atoms with E-state index >= 15 is 0 Å². The van der Waals surface area contributed by atoms with Gasteiger partial charge < -0.3 is 0 Å². The van der Waals surface area contributed by atoms with Crippen LogP contribution in [0.25, 0.3) is 6.08 Å². The number of anilines is 1. The molecule has 1 aliphatic rings. The molecule has 0 fully saturated rings. The number of aryl methyl sites for hydroxylation is 1. The molecule has 1 heterocycles. The molecule has 0 N–H and O–H groups in total. The fourth-order valence-electron chi connectivity index (χ4n) is 2.32. The molecule has 2 aromatic carbocycles. The van der Waals surface area contributed by atoms with Crippen molar-refractivity contribution in [2.24, 2.45) is 0 Å². The summed E-state index contributed by atoms with van der Waals surface area (Å²) in [7, 11) is -3.57. The molecule has 2 aromatic rings. The lowest BCUT2D eigenvalue weighted by Gasteiger charge is -2.27.